The third kappa shape index (κ3) is 6.03. The molecule has 0 aliphatic carbocycles. The molecule has 3 aromatic carbocycles. The van der Waals surface area contributed by atoms with Crippen LogP contribution in [0.15, 0.2) is 89.0 Å². The quantitative estimate of drug-likeness (QED) is 0.0614. The highest BCUT2D eigenvalue weighted by Crippen LogP contribution is 2.46. The molecule has 1 unspecified atom stereocenters. The third-order valence-electron chi connectivity index (χ3n) is 7.34. The molecular formula is C34H30N4O5S3. The van der Waals surface area contributed by atoms with Crippen molar-refractivity contribution in [3.63, 3.8) is 0 Å². The van der Waals surface area contributed by atoms with Crippen LogP contribution in [-0.4, -0.2) is 45.2 Å². The first kappa shape index (κ1) is 31.5. The van der Waals surface area contributed by atoms with E-state index in [4.69, 9.17) is 9.47 Å². The SMILES string of the molecule is C=CCOc1ccc(C2C(C(=O)c3sc(C)nc3C)=C(O)C(=O)N2c2nnc(SCc3cccc4ccccc34)s2)cc1OCC. The zero-order valence-electron chi connectivity index (χ0n) is 25.4. The van der Waals surface area contributed by atoms with Crippen molar-refractivity contribution in [3.8, 4) is 11.5 Å². The average Bonchev–Trinajstić information content (AvgIpc) is 3.74. The number of aryl methyl sites for hydroxylation is 2. The second-order valence-electron chi connectivity index (χ2n) is 10.3. The first-order valence-corrected chi connectivity index (χ1v) is 17.1. The van der Waals surface area contributed by atoms with Crippen LogP contribution in [0.1, 0.15) is 44.5 Å². The number of anilines is 1. The van der Waals surface area contributed by atoms with Crippen LogP contribution in [0.5, 0.6) is 11.5 Å². The van der Waals surface area contributed by atoms with Gasteiger partial charge in [0.05, 0.1) is 33.8 Å². The van der Waals surface area contributed by atoms with Gasteiger partial charge in [0.15, 0.2) is 21.6 Å². The van der Waals surface area contributed by atoms with Gasteiger partial charge in [-0.3, -0.25) is 14.5 Å². The lowest BCUT2D eigenvalue weighted by Crippen LogP contribution is -2.31. The highest BCUT2D eigenvalue weighted by Gasteiger charge is 2.47. The summed E-state index contributed by atoms with van der Waals surface area (Å²) in [5, 5.41) is 23.3. The molecule has 1 amide bonds. The van der Waals surface area contributed by atoms with E-state index in [1.165, 1.54) is 39.3 Å². The van der Waals surface area contributed by atoms with Crippen LogP contribution in [0.3, 0.4) is 0 Å². The zero-order chi connectivity index (χ0) is 32.4. The van der Waals surface area contributed by atoms with Crippen LogP contribution in [0, 0.1) is 13.8 Å². The normalized spacial score (nSPS) is 14.7. The molecule has 0 saturated heterocycles. The van der Waals surface area contributed by atoms with Gasteiger partial charge in [-0.1, -0.05) is 84.3 Å². The average molecular weight is 671 g/mol. The maximum Gasteiger partial charge on any atom is 0.296 e. The maximum atomic E-state index is 14.1. The number of carbonyl (C=O) groups is 2. The number of benzene rings is 3. The lowest BCUT2D eigenvalue weighted by molar-refractivity contribution is -0.117. The van der Waals surface area contributed by atoms with Gasteiger partial charge in [0.25, 0.3) is 5.91 Å². The minimum Gasteiger partial charge on any atom is -0.503 e. The smallest absolute Gasteiger partial charge is 0.296 e. The molecule has 2 aromatic heterocycles. The summed E-state index contributed by atoms with van der Waals surface area (Å²) in [6.07, 6.45) is 1.63. The summed E-state index contributed by atoms with van der Waals surface area (Å²) >= 11 is 3.95. The topological polar surface area (TPSA) is 115 Å². The lowest BCUT2D eigenvalue weighted by Gasteiger charge is -2.25. The molecule has 46 heavy (non-hydrogen) atoms. The fourth-order valence-corrected chi connectivity index (χ4v) is 8.11. The number of aromatic nitrogens is 3. The molecule has 0 bridgehead atoms. The Labute approximate surface area is 278 Å². The van der Waals surface area contributed by atoms with E-state index >= 15 is 0 Å². The van der Waals surface area contributed by atoms with Crippen molar-refractivity contribution in [3.05, 3.63) is 111 Å². The van der Waals surface area contributed by atoms with E-state index in [9.17, 15) is 14.7 Å². The van der Waals surface area contributed by atoms with E-state index in [1.807, 2.05) is 25.1 Å². The second kappa shape index (κ2) is 13.5. The minimum absolute atomic E-state index is 0.0564. The molecule has 0 radical (unpaired) electrons. The number of thiazole rings is 1. The van der Waals surface area contributed by atoms with Crippen molar-refractivity contribution in [1.29, 1.82) is 0 Å². The lowest BCUT2D eigenvalue weighted by atomic mass is 9.95. The number of nitrogens with zero attached hydrogens (tertiary/aromatic N) is 4. The molecule has 234 valence electrons. The highest BCUT2D eigenvalue weighted by molar-refractivity contribution is 8.00. The van der Waals surface area contributed by atoms with Gasteiger partial charge in [-0.25, -0.2) is 4.98 Å². The van der Waals surface area contributed by atoms with Gasteiger partial charge in [0.2, 0.25) is 10.9 Å². The van der Waals surface area contributed by atoms with Crippen LogP contribution in [0.25, 0.3) is 10.8 Å². The van der Waals surface area contributed by atoms with Gasteiger partial charge in [-0.2, -0.15) is 0 Å². The van der Waals surface area contributed by atoms with E-state index in [0.29, 0.717) is 49.3 Å². The fourth-order valence-electron chi connectivity index (χ4n) is 5.36. The zero-order valence-corrected chi connectivity index (χ0v) is 27.8. The molecule has 12 heteroatoms. The van der Waals surface area contributed by atoms with Crippen LogP contribution in [0.2, 0.25) is 0 Å². The molecule has 9 nitrogen and oxygen atoms in total. The van der Waals surface area contributed by atoms with Crippen molar-refractivity contribution in [1.82, 2.24) is 15.2 Å². The van der Waals surface area contributed by atoms with Crippen LogP contribution >= 0.6 is 34.4 Å². The monoisotopic (exact) mass is 670 g/mol. The van der Waals surface area contributed by atoms with E-state index in [0.717, 1.165) is 16.3 Å². The van der Waals surface area contributed by atoms with E-state index in [1.54, 1.807) is 38.1 Å². The molecule has 0 fully saturated rings. The van der Waals surface area contributed by atoms with Crippen LogP contribution < -0.4 is 14.4 Å². The van der Waals surface area contributed by atoms with Crippen molar-refractivity contribution < 1.29 is 24.2 Å². The number of thioether (sulfide) groups is 1. The van der Waals surface area contributed by atoms with E-state index in [-0.39, 0.29) is 17.3 Å². The summed E-state index contributed by atoms with van der Waals surface area (Å²) in [7, 11) is 0. The van der Waals surface area contributed by atoms with Crippen molar-refractivity contribution in [2.24, 2.45) is 0 Å². The Kier molecular flexibility index (Phi) is 9.20. The summed E-state index contributed by atoms with van der Waals surface area (Å²) in [5.74, 6) is -0.277. The number of aliphatic hydroxyl groups is 1. The number of ketones is 1. The minimum atomic E-state index is -1.00. The predicted octanol–water partition coefficient (Wildman–Crippen LogP) is 7.80. The largest absolute Gasteiger partial charge is 0.503 e. The number of rotatable bonds is 12. The molecule has 5 aromatic rings. The Hall–Kier alpha value is -4.52. The number of hydrogen-bond donors (Lipinski definition) is 1. The van der Waals surface area contributed by atoms with Gasteiger partial charge in [0.1, 0.15) is 6.61 Å². The number of Topliss-reactive ketones (excluding diaryl/α,β-unsaturated/α-hetero) is 1. The summed E-state index contributed by atoms with van der Waals surface area (Å²) in [6.45, 7) is 9.73. The molecule has 1 N–H and O–H groups in total. The summed E-state index contributed by atoms with van der Waals surface area (Å²) in [5.41, 5.74) is 2.16. The number of amides is 1. The van der Waals surface area contributed by atoms with Gasteiger partial charge < -0.3 is 14.6 Å². The molecule has 1 aliphatic rings. The number of fused-ring (bicyclic) bond motifs is 1. The Morgan fingerprint density at radius 1 is 1.07 bits per heavy atom. The second-order valence-corrected chi connectivity index (χ2v) is 13.7. The third-order valence-corrected chi connectivity index (χ3v) is 10.5. The summed E-state index contributed by atoms with van der Waals surface area (Å²) in [6, 6.07) is 18.6. The summed E-state index contributed by atoms with van der Waals surface area (Å²) in [4.78, 5) is 33.9. The van der Waals surface area contributed by atoms with Gasteiger partial charge in [-0.15, -0.1) is 21.5 Å². The van der Waals surface area contributed by atoms with Gasteiger partial charge >= 0.3 is 0 Å². The molecular weight excluding hydrogens is 641 g/mol. The van der Waals surface area contributed by atoms with Crippen molar-refractivity contribution in [2.45, 2.75) is 36.9 Å². The summed E-state index contributed by atoms with van der Waals surface area (Å²) < 4.78 is 12.3. The van der Waals surface area contributed by atoms with Crippen LogP contribution in [-0.2, 0) is 10.5 Å². The highest BCUT2D eigenvalue weighted by atomic mass is 32.2. The number of carbonyl (C=O) groups excluding carboxylic acids is 2. The van der Waals surface area contributed by atoms with E-state index in [2.05, 4.69) is 46.0 Å². The molecule has 6 rings (SSSR count). The number of aliphatic hydroxyl groups excluding tert-OH is 1. The standard InChI is InChI=1S/C34H30N4O5S3/c1-5-16-43-25-15-14-22(17-26(25)42-6-2)28-27(29(39)31-19(3)35-20(4)45-31)30(40)32(41)38(28)33-36-37-34(46-33)44-18-23-12-9-11-21-10-7-8-13-24(21)23/h5,7-15,17,28,40H,1,6,16,18H2,2-4H3. The number of ether oxygens (including phenoxy) is 2. The Morgan fingerprint density at radius 2 is 1.87 bits per heavy atom. The Balaban J connectivity index is 1.38. The first-order valence-electron chi connectivity index (χ1n) is 14.5. The van der Waals surface area contributed by atoms with E-state index < -0.39 is 23.5 Å². The molecule has 1 atom stereocenters. The Morgan fingerprint density at radius 3 is 2.63 bits per heavy atom. The fraction of sp³-hybridized carbons (Fsp3) is 0.206. The van der Waals surface area contributed by atoms with Crippen LogP contribution in [0.4, 0.5) is 5.13 Å². The maximum absolute atomic E-state index is 14.1. The molecule has 0 saturated carbocycles. The van der Waals surface area contributed by atoms with Gasteiger partial charge in [0, 0.05) is 5.75 Å². The predicted molar refractivity (Wildman–Crippen MR) is 183 cm³/mol. The molecule has 1 aliphatic heterocycles. The Bertz CT molecular complexity index is 1990. The molecule has 0 spiro atoms. The molecule has 3 heterocycles. The first-order chi connectivity index (χ1) is 22.3. The van der Waals surface area contributed by atoms with Crippen molar-refractivity contribution in [2.75, 3.05) is 18.1 Å². The van der Waals surface area contributed by atoms with Crippen molar-refractivity contribution >= 4 is 62.0 Å². The van der Waals surface area contributed by atoms with Gasteiger partial charge in [-0.05, 0) is 54.8 Å². The number of hydrogen-bond acceptors (Lipinski definition) is 11.